The minimum atomic E-state index is -0.391. The van der Waals surface area contributed by atoms with Gasteiger partial charge in [-0.1, -0.05) is 30.3 Å². The number of hydrogen-bond donors (Lipinski definition) is 0. The Bertz CT molecular complexity index is 740. The first-order chi connectivity index (χ1) is 14.3. The third kappa shape index (κ3) is 5.39. The maximum Gasteiger partial charge on any atom is 0.247 e. The second kappa shape index (κ2) is 9.93. The predicted octanol–water partition coefficient (Wildman–Crippen LogP) is 1.42. The molecule has 1 amide bonds. The largest absolute Gasteiger partial charge is 0.379 e. The Labute approximate surface area is 171 Å². The Morgan fingerprint density at radius 3 is 2.55 bits per heavy atom. The zero-order valence-electron chi connectivity index (χ0n) is 16.9. The van der Waals surface area contributed by atoms with E-state index < -0.39 is 6.04 Å². The van der Waals surface area contributed by atoms with E-state index in [2.05, 4.69) is 20.4 Å². The Balaban J connectivity index is 1.31. The highest BCUT2D eigenvalue weighted by Gasteiger charge is 2.30. The molecule has 156 valence electrons. The quantitative estimate of drug-likeness (QED) is 0.702. The molecule has 8 nitrogen and oxygen atoms in total. The zero-order chi connectivity index (χ0) is 19.9. The summed E-state index contributed by atoms with van der Waals surface area (Å²) in [6.45, 7) is 6.58. The van der Waals surface area contributed by atoms with Gasteiger partial charge in [-0.2, -0.15) is 0 Å². The third-order valence-electron chi connectivity index (χ3n) is 6.12. The van der Waals surface area contributed by atoms with Crippen molar-refractivity contribution in [1.82, 2.24) is 30.0 Å². The van der Waals surface area contributed by atoms with E-state index in [1.54, 1.807) is 11.0 Å². The monoisotopic (exact) mass is 398 g/mol. The van der Waals surface area contributed by atoms with Crippen LogP contribution in [0.15, 0.2) is 36.7 Å². The van der Waals surface area contributed by atoms with Crippen LogP contribution in [-0.2, 0) is 16.0 Å². The Morgan fingerprint density at radius 2 is 1.86 bits per heavy atom. The molecule has 29 heavy (non-hydrogen) atoms. The normalized spacial score (nSPS) is 19.9. The lowest BCUT2D eigenvalue weighted by molar-refractivity contribution is -0.136. The second-order valence-corrected chi connectivity index (χ2v) is 8.01. The number of morpholine rings is 1. The molecule has 0 saturated carbocycles. The summed E-state index contributed by atoms with van der Waals surface area (Å²) in [7, 11) is 0. The second-order valence-electron chi connectivity index (χ2n) is 8.01. The highest BCUT2D eigenvalue weighted by molar-refractivity contribution is 5.80. The van der Waals surface area contributed by atoms with E-state index in [-0.39, 0.29) is 5.91 Å². The average molecular weight is 399 g/mol. The third-order valence-corrected chi connectivity index (χ3v) is 6.12. The molecule has 2 aromatic rings. The van der Waals surface area contributed by atoms with Gasteiger partial charge in [-0.15, -0.1) is 5.10 Å². The van der Waals surface area contributed by atoms with Gasteiger partial charge < -0.3 is 9.64 Å². The summed E-state index contributed by atoms with van der Waals surface area (Å²) in [5.74, 6) is 0.815. The molecule has 1 atom stereocenters. The molecule has 0 radical (unpaired) electrons. The fourth-order valence-corrected chi connectivity index (χ4v) is 4.29. The van der Waals surface area contributed by atoms with Gasteiger partial charge in [0.1, 0.15) is 12.4 Å². The van der Waals surface area contributed by atoms with Crippen molar-refractivity contribution in [3.8, 4) is 0 Å². The van der Waals surface area contributed by atoms with Gasteiger partial charge in [0.05, 0.1) is 13.2 Å². The zero-order valence-corrected chi connectivity index (χ0v) is 16.9. The highest BCUT2D eigenvalue weighted by atomic mass is 16.5. The number of amides is 1. The summed E-state index contributed by atoms with van der Waals surface area (Å²) in [5, 5.41) is 11.5. The van der Waals surface area contributed by atoms with Crippen LogP contribution in [-0.4, -0.2) is 81.9 Å². The van der Waals surface area contributed by atoms with Crippen molar-refractivity contribution in [3.05, 3.63) is 42.2 Å². The number of nitrogens with zero attached hydrogens (tertiary/aromatic N) is 6. The van der Waals surface area contributed by atoms with Crippen molar-refractivity contribution in [1.29, 1.82) is 0 Å². The molecule has 0 bridgehead atoms. The number of tetrazole rings is 1. The lowest BCUT2D eigenvalue weighted by atomic mass is 9.92. The van der Waals surface area contributed by atoms with Crippen molar-refractivity contribution < 1.29 is 9.53 Å². The number of ether oxygens (including phenoxy) is 1. The standard InChI is InChI=1S/C21H30N6O2/c28-21(20(27-17-22-23-24-27)16-19-4-2-1-3-5-19)26-10-7-18(8-11-26)6-9-25-12-14-29-15-13-25/h1-5,17-18,20H,6-16H2. The highest BCUT2D eigenvalue weighted by Crippen LogP contribution is 2.24. The summed E-state index contributed by atoms with van der Waals surface area (Å²) in [6.07, 6.45) is 5.50. The number of likely N-dealkylation sites (tertiary alicyclic amines) is 1. The van der Waals surface area contributed by atoms with Crippen LogP contribution in [0.4, 0.5) is 0 Å². The van der Waals surface area contributed by atoms with Gasteiger partial charge >= 0.3 is 0 Å². The van der Waals surface area contributed by atoms with Crippen LogP contribution in [0.5, 0.6) is 0 Å². The first-order valence-electron chi connectivity index (χ1n) is 10.6. The van der Waals surface area contributed by atoms with E-state index in [4.69, 9.17) is 4.74 Å². The molecule has 2 aliphatic rings. The van der Waals surface area contributed by atoms with E-state index in [0.29, 0.717) is 12.3 Å². The molecule has 4 rings (SSSR count). The Kier molecular flexibility index (Phi) is 6.84. The first kappa shape index (κ1) is 20.0. The topological polar surface area (TPSA) is 76.4 Å². The van der Waals surface area contributed by atoms with Crippen LogP contribution in [0.2, 0.25) is 0 Å². The van der Waals surface area contributed by atoms with Crippen molar-refractivity contribution in [3.63, 3.8) is 0 Å². The molecule has 1 aromatic carbocycles. The van der Waals surface area contributed by atoms with E-state index in [0.717, 1.165) is 64.3 Å². The SMILES string of the molecule is O=C(C(Cc1ccccc1)n1cnnn1)N1CCC(CCN2CCOCC2)CC1. The number of carbonyl (C=O) groups is 1. The van der Waals surface area contributed by atoms with Crippen LogP contribution in [0.3, 0.4) is 0 Å². The Morgan fingerprint density at radius 1 is 1.10 bits per heavy atom. The van der Waals surface area contributed by atoms with Gasteiger partial charge in [-0.3, -0.25) is 9.69 Å². The lowest BCUT2D eigenvalue weighted by Gasteiger charge is -2.35. The van der Waals surface area contributed by atoms with Gasteiger partial charge in [-0.25, -0.2) is 4.68 Å². The molecular weight excluding hydrogens is 368 g/mol. The van der Waals surface area contributed by atoms with Gasteiger partial charge in [0.25, 0.3) is 0 Å². The van der Waals surface area contributed by atoms with E-state index >= 15 is 0 Å². The molecule has 0 spiro atoms. The maximum atomic E-state index is 13.3. The molecule has 2 fully saturated rings. The molecule has 3 heterocycles. The van der Waals surface area contributed by atoms with Crippen molar-refractivity contribution in [2.75, 3.05) is 45.9 Å². The van der Waals surface area contributed by atoms with Crippen LogP contribution in [0.25, 0.3) is 0 Å². The molecule has 1 aromatic heterocycles. The fraction of sp³-hybridized carbons (Fsp3) is 0.619. The van der Waals surface area contributed by atoms with Crippen molar-refractivity contribution in [2.24, 2.45) is 5.92 Å². The van der Waals surface area contributed by atoms with E-state index in [9.17, 15) is 4.79 Å². The minimum Gasteiger partial charge on any atom is -0.379 e. The smallest absolute Gasteiger partial charge is 0.247 e. The summed E-state index contributed by atoms with van der Waals surface area (Å²) < 4.78 is 7.02. The van der Waals surface area contributed by atoms with Crippen LogP contribution in [0, 0.1) is 5.92 Å². The number of rotatable bonds is 7. The number of carbonyl (C=O) groups excluding carboxylic acids is 1. The fourth-order valence-electron chi connectivity index (χ4n) is 4.29. The van der Waals surface area contributed by atoms with E-state index in [1.165, 1.54) is 6.42 Å². The maximum absolute atomic E-state index is 13.3. The van der Waals surface area contributed by atoms with Gasteiger partial charge in [0.15, 0.2) is 0 Å². The molecule has 8 heteroatoms. The van der Waals surface area contributed by atoms with E-state index in [1.807, 2.05) is 35.2 Å². The number of benzene rings is 1. The molecular formula is C21H30N6O2. The van der Waals surface area contributed by atoms with Gasteiger partial charge in [0, 0.05) is 32.6 Å². The van der Waals surface area contributed by atoms with Crippen molar-refractivity contribution in [2.45, 2.75) is 31.7 Å². The van der Waals surface area contributed by atoms with Gasteiger partial charge in [0.2, 0.25) is 5.91 Å². The number of hydrogen-bond acceptors (Lipinski definition) is 6. The summed E-state index contributed by atoms with van der Waals surface area (Å²) >= 11 is 0. The lowest BCUT2D eigenvalue weighted by Crippen LogP contribution is -2.44. The molecule has 0 N–H and O–H groups in total. The summed E-state index contributed by atoms with van der Waals surface area (Å²) in [5.41, 5.74) is 1.11. The van der Waals surface area contributed by atoms with Crippen LogP contribution in [0.1, 0.15) is 30.9 Å². The number of piperidine rings is 1. The minimum absolute atomic E-state index is 0.118. The first-order valence-corrected chi connectivity index (χ1v) is 10.6. The number of aromatic nitrogens is 4. The molecule has 2 saturated heterocycles. The molecule has 1 unspecified atom stereocenters. The predicted molar refractivity (Wildman–Crippen MR) is 108 cm³/mol. The summed E-state index contributed by atoms with van der Waals surface area (Å²) in [6, 6.07) is 9.67. The van der Waals surface area contributed by atoms with Crippen LogP contribution >= 0.6 is 0 Å². The van der Waals surface area contributed by atoms with Gasteiger partial charge in [-0.05, 0) is 47.7 Å². The molecule has 0 aliphatic carbocycles. The summed E-state index contributed by atoms with van der Waals surface area (Å²) in [4.78, 5) is 17.8. The average Bonchev–Trinajstić information content (AvgIpc) is 3.32. The van der Waals surface area contributed by atoms with Crippen molar-refractivity contribution >= 4 is 5.91 Å². The Hall–Kier alpha value is -2.32. The molecule has 2 aliphatic heterocycles. The van der Waals surface area contributed by atoms with Crippen LogP contribution < -0.4 is 0 Å².